The summed E-state index contributed by atoms with van der Waals surface area (Å²) in [6.07, 6.45) is 1.32. The van der Waals surface area contributed by atoms with E-state index in [1.54, 1.807) is 7.11 Å². The maximum absolute atomic E-state index is 9.00. The maximum atomic E-state index is 9.00. The van der Waals surface area contributed by atoms with Crippen molar-refractivity contribution in [3.05, 3.63) is 0 Å². The van der Waals surface area contributed by atoms with Crippen LogP contribution in [0.1, 0.15) is 27.2 Å². The summed E-state index contributed by atoms with van der Waals surface area (Å²) < 4.78 is 10.2. The third-order valence-electron chi connectivity index (χ3n) is 1.01. The first-order valence-corrected chi connectivity index (χ1v) is 4.34. The van der Waals surface area contributed by atoms with Crippen molar-refractivity contribution in [3.8, 4) is 0 Å². The van der Waals surface area contributed by atoms with E-state index in [0.29, 0.717) is 6.61 Å². The van der Waals surface area contributed by atoms with Gasteiger partial charge in [-0.2, -0.15) is 0 Å². The normalized spacial score (nSPS) is 11.4. The van der Waals surface area contributed by atoms with E-state index in [1.807, 2.05) is 6.92 Å². The predicted molar refractivity (Wildman–Crippen MR) is 50.9 cm³/mol. The molecule has 0 saturated carbocycles. The van der Waals surface area contributed by atoms with Crippen LogP contribution in [0.2, 0.25) is 0 Å². The van der Waals surface area contributed by atoms with Crippen LogP contribution >= 0.6 is 0 Å². The van der Waals surface area contributed by atoms with E-state index in [0.717, 1.165) is 20.0 Å². The lowest BCUT2D eigenvalue weighted by molar-refractivity contribution is -0.134. The minimum absolute atomic E-state index is 0.245. The van der Waals surface area contributed by atoms with Crippen molar-refractivity contribution in [1.82, 2.24) is 0 Å². The monoisotopic (exact) mass is 192 g/mol. The zero-order valence-corrected chi connectivity index (χ0v) is 8.87. The Morgan fingerprint density at radius 3 is 2.31 bits per heavy atom. The van der Waals surface area contributed by atoms with Crippen LogP contribution in [-0.2, 0) is 14.3 Å². The van der Waals surface area contributed by atoms with Gasteiger partial charge in [-0.1, -0.05) is 6.92 Å². The van der Waals surface area contributed by atoms with Crippen LogP contribution in [0.15, 0.2) is 0 Å². The summed E-state index contributed by atoms with van der Waals surface area (Å²) in [5, 5.41) is 7.42. The molecule has 0 heterocycles. The molecule has 0 aliphatic rings. The second-order valence-electron chi connectivity index (χ2n) is 2.66. The third kappa shape index (κ3) is 24.6. The van der Waals surface area contributed by atoms with Crippen LogP contribution < -0.4 is 0 Å². The molecular weight excluding hydrogens is 172 g/mol. The Labute approximate surface area is 79.8 Å². The number of rotatable bonds is 5. The van der Waals surface area contributed by atoms with E-state index in [-0.39, 0.29) is 6.10 Å². The SMILES string of the molecule is CC(=O)O.CCCOC(C)COC. The summed E-state index contributed by atoms with van der Waals surface area (Å²) in [5.41, 5.74) is 0. The molecule has 0 aromatic carbocycles. The number of carboxylic acids is 1. The van der Waals surface area contributed by atoms with Crippen LogP contribution in [0, 0.1) is 0 Å². The highest BCUT2D eigenvalue weighted by Gasteiger charge is 1.97. The number of hydrogen-bond donors (Lipinski definition) is 1. The van der Waals surface area contributed by atoms with E-state index in [9.17, 15) is 0 Å². The number of methoxy groups -OCH3 is 1. The second-order valence-corrected chi connectivity index (χ2v) is 2.66. The lowest BCUT2D eigenvalue weighted by atomic mass is 10.4. The van der Waals surface area contributed by atoms with Crippen molar-refractivity contribution in [2.75, 3.05) is 20.3 Å². The summed E-state index contributed by atoms with van der Waals surface area (Å²) in [6.45, 7) is 6.73. The molecule has 0 fully saturated rings. The first kappa shape index (κ1) is 14.9. The highest BCUT2D eigenvalue weighted by Crippen LogP contribution is 1.91. The first-order valence-electron chi connectivity index (χ1n) is 4.34. The van der Waals surface area contributed by atoms with Crippen molar-refractivity contribution in [1.29, 1.82) is 0 Å². The number of ether oxygens (including phenoxy) is 2. The zero-order chi connectivity index (χ0) is 10.7. The molecule has 13 heavy (non-hydrogen) atoms. The van der Waals surface area contributed by atoms with E-state index in [1.165, 1.54) is 0 Å². The van der Waals surface area contributed by atoms with Gasteiger partial charge in [0.25, 0.3) is 5.97 Å². The molecule has 0 aromatic heterocycles. The highest BCUT2D eigenvalue weighted by atomic mass is 16.5. The molecule has 0 aliphatic heterocycles. The van der Waals surface area contributed by atoms with Crippen LogP contribution in [0.4, 0.5) is 0 Å². The fraction of sp³-hybridized carbons (Fsp3) is 0.889. The fourth-order valence-electron chi connectivity index (χ4n) is 0.602. The molecule has 0 radical (unpaired) electrons. The molecule has 0 saturated heterocycles. The number of hydrogen-bond acceptors (Lipinski definition) is 3. The van der Waals surface area contributed by atoms with Crippen LogP contribution in [0.3, 0.4) is 0 Å². The quantitative estimate of drug-likeness (QED) is 0.717. The van der Waals surface area contributed by atoms with Crippen molar-refractivity contribution in [2.24, 2.45) is 0 Å². The zero-order valence-electron chi connectivity index (χ0n) is 8.87. The molecule has 1 unspecified atom stereocenters. The van der Waals surface area contributed by atoms with Gasteiger partial charge in [-0.25, -0.2) is 0 Å². The summed E-state index contributed by atoms with van der Waals surface area (Å²) in [4.78, 5) is 9.00. The molecule has 80 valence electrons. The van der Waals surface area contributed by atoms with E-state index in [2.05, 4.69) is 6.92 Å². The van der Waals surface area contributed by atoms with Gasteiger partial charge in [0.15, 0.2) is 0 Å². The molecule has 0 aliphatic carbocycles. The fourth-order valence-corrected chi connectivity index (χ4v) is 0.602. The third-order valence-corrected chi connectivity index (χ3v) is 1.01. The van der Waals surface area contributed by atoms with Crippen molar-refractivity contribution in [3.63, 3.8) is 0 Å². The average molecular weight is 192 g/mol. The van der Waals surface area contributed by atoms with Gasteiger partial charge in [-0.15, -0.1) is 0 Å². The molecule has 0 bridgehead atoms. The van der Waals surface area contributed by atoms with Crippen molar-refractivity contribution < 1.29 is 19.4 Å². The van der Waals surface area contributed by atoms with Gasteiger partial charge in [0.05, 0.1) is 12.7 Å². The Kier molecular flexibility index (Phi) is 13.0. The molecular formula is C9H20O4. The lowest BCUT2D eigenvalue weighted by Crippen LogP contribution is -2.14. The summed E-state index contributed by atoms with van der Waals surface area (Å²) >= 11 is 0. The van der Waals surface area contributed by atoms with Gasteiger partial charge in [0, 0.05) is 20.6 Å². The molecule has 0 aromatic rings. The Balaban J connectivity index is 0. The van der Waals surface area contributed by atoms with E-state index in [4.69, 9.17) is 19.4 Å². The van der Waals surface area contributed by atoms with Gasteiger partial charge >= 0.3 is 0 Å². The molecule has 0 spiro atoms. The first-order chi connectivity index (χ1) is 6.04. The van der Waals surface area contributed by atoms with Gasteiger partial charge in [0.2, 0.25) is 0 Å². The Hall–Kier alpha value is -0.610. The van der Waals surface area contributed by atoms with E-state index < -0.39 is 5.97 Å². The molecule has 4 heteroatoms. The summed E-state index contributed by atoms with van der Waals surface area (Å²) in [7, 11) is 1.69. The van der Waals surface area contributed by atoms with Gasteiger partial charge < -0.3 is 14.6 Å². The maximum Gasteiger partial charge on any atom is 0.300 e. The van der Waals surface area contributed by atoms with Crippen molar-refractivity contribution >= 4 is 5.97 Å². The Morgan fingerprint density at radius 2 is 2.00 bits per heavy atom. The predicted octanol–water partition coefficient (Wildman–Crippen LogP) is 1.54. The highest BCUT2D eigenvalue weighted by molar-refractivity contribution is 5.62. The number of aliphatic carboxylic acids is 1. The summed E-state index contributed by atoms with van der Waals surface area (Å²) in [6, 6.07) is 0. The van der Waals surface area contributed by atoms with Crippen molar-refractivity contribution in [2.45, 2.75) is 33.3 Å². The molecule has 1 atom stereocenters. The Morgan fingerprint density at radius 1 is 1.54 bits per heavy atom. The lowest BCUT2D eigenvalue weighted by Gasteiger charge is -2.09. The van der Waals surface area contributed by atoms with Crippen LogP contribution in [0.25, 0.3) is 0 Å². The Bertz CT molecular complexity index is 110. The molecule has 0 amide bonds. The topological polar surface area (TPSA) is 55.8 Å². The second kappa shape index (κ2) is 11.4. The molecule has 4 nitrogen and oxygen atoms in total. The van der Waals surface area contributed by atoms with Gasteiger partial charge in [-0.05, 0) is 13.3 Å². The van der Waals surface area contributed by atoms with Gasteiger partial charge in [0.1, 0.15) is 0 Å². The van der Waals surface area contributed by atoms with Gasteiger partial charge in [-0.3, -0.25) is 4.79 Å². The average Bonchev–Trinajstić information content (AvgIpc) is 2.00. The smallest absolute Gasteiger partial charge is 0.300 e. The number of carboxylic acid groups (broad SMARTS) is 1. The molecule has 1 N–H and O–H groups in total. The number of carbonyl (C=O) groups is 1. The van der Waals surface area contributed by atoms with Crippen LogP contribution in [0.5, 0.6) is 0 Å². The molecule has 0 rings (SSSR count). The van der Waals surface area contributed by atoms with E-state index >= 15 is 0 Å². The standard InChI is InChI=1S/C7H16O2.C2H4O2/c1-4-5-9-7(2)6-8-3;1-2(3)4/h7H,4-6H2,1-3H3;1H3,(H,3,4). The minimum Gasteiger partial charge on any atom is -0.481 e. The largest absolute Gasteiger partial charge is 0.481 e. The summed E-state index contributed by atoms with van der Waals surface area (Å²) in [5.74, 6) is -0.833. The van der Waals surface area contributed by atoms with Crippen LogP contribution in [-0.4, -0.2) is 37.5 Å². The minimum atomic E-state index is -0.833.